The second-order valence-electron chi connectivity index (χ2n) is 6.73. The molecule has 2 aromatic carbocycles. The fraction of sp³-hybridized carbons (Fsp3) is 0.227. The quantitative estimate of drug-likeness (QED) is 0.201. The molecule has 0 atom stereocenters. The van der Waals surface area contributed by atoms with Crippen LogP contribution in [0.4, 0.5) is 21.8 Å². The topological polar surface area (TPSA) is 108 Å². The highest BCUT2D eigenvalue weighted by Crippen LogP contribution is 2.24. The largest absolute Gasteiger partial charge is 0.457 e. The molecule has 162 valence electrons. The first-order chi connectivity index (χ1) is 15.1. The molecule has 0 spiro atoms. The number of unbranched alkanes of at least 4 members (excludes halogenated alkanes) is 2. The molecular weight excluding hydrogens is 401 g/mol. The highest BCUT2D eigenvalue weighted by atomic mass is 19.1. The first kappa shape index (κ1) is 22.0. The number of hydrogen-bond acceptors (Lipinski definition) is 7. The molecule has 9 heteroatoms. The number of carbonyl (C=O) groups is 1. The maximum Gasteiger partial charge on any atom is 0.243 e. The Morgan fingerprint density at radius 3 is 2.48 bits per heavy atom. The maximum atomic E-state index is 14.0. The molecule has 1 amide bonds. The predicted molar refractivity (Wildman–Crippen MR) is 115 cm³/mol. The van der Waals surface area contributed by atoms with Crippen molar-refractivity contribution in [1.29, 1.82) is 0 Å². The van der Waals surface area contributed by atoms with Gasteiger partial charge in [-0.15, -0.1) is 0 Å². The summed E-state index contributed by atoms with van der Waals surface area (Å²) in [4.78, 5) is 19.1. The minimum Gasteiger partial charge on any atom is -0.457 e. The molecule has 1 heterocycles. The Bertz CT molecular complexity index is 971. The number of amides is 1. The molecule has 3 aromatic rings. The monoisotopic (exact) mass is 425 g/mol. The van der Waals surface area contributed by atoms with E-state index in [1.165, 1.54) is 0 Å². The third-order valence-corrected chi connectivity index (χ3v) is 4.33. The average molecular weight is 425 g/mol. The molecule has 0 aliphatic rings. The van der Waals surface area contributed by atoms with Crippen molar-refractivity contribution in [3.8, 4) is 11.5 Å². The summed E-state index contributed by atoms with van der Waals surface area (Å²) in [5.74, 6) is 0.852. The van der Waals surface area contributed by atoms with E-state index in [1.807, 2.05) is 54.6 Å². The van der Waals surface area contributed by atoms with Crippen molar-refractivity contribution in [2.75, 3.05) is 17.2 Å². The van der Waals surface area contributed by atoms with Gasteiger partial charge in [0.2, 0.25) is 11.9 Å². The van der Waals surface area contributed by atoms with Gasteiger partial charge in [-0.3, -0.25) is 10.0 Å². The number of nitrogens with zero attached hydrogens (tertiary/aromatic N) is 2. The Kier molecular flexibility index (Phi) is 8.13. The highest BCUT2D eigenvalue weighted by Gasteiger charge is 2.07. The Hall–Kier alpha value is -3.72. The number of hydrogen-bond donors (Lipinski definition) is 4. The number of ether oxygens (including phenoxy) is 1. The van der Waals surface area contributed by atoms with Crippen LogP contribution < -0.4 is 20.9 Å². The molecule has 0 bridgehead atoms. The molecule has 0 fully saturated rings. The Labute approximate surface area is 179 Å². The smallest absolute Gasteiger partial charge is 0.243 e. The summed E-state index contributed by atoms with van der Waals surface area (Å²) in [6.07, 6.45) is 3.48. The van der Waals surface area contributed by atoms with Gasteiger partial charge in [0.05, 0.1) is 6.20 Å². The van der Waals surface area contributed by atoms with E-state index in [-0.39, 0.29) is 18.2 Å². The Morgan fingerprint density at radius 2 is 1.74 bits per heavy atom. The number of halogens is 1. The number of aromatic nitrogens is 2. The summed E-state index contributed by atoms with van der Waals surface area (Å²) in [6.45, 7) is 0.500. The maximum absolute atomic E-state index is 14.0. The molecule has 3 rings (SSSR count). The van der Waals surface area contributed by atoms with Gasteiger partial charge in [0, 0.05) is 18.7 Å². The summed E-state index contributed by atoms with van der Waals surface area (Å²) in [5.41, 5.74) is 2.33. The van der Waals surface area contributed by atoms with Gasteiger partial charge in [-0.1, -0.05) is 24.6 Å². The van der Waals surface area contributed by atoms with Crippen molar-refractivity contribution in [1.82, 2.24) is 15.4 Å². The van der Waals surface area contributed by atoms with Gasteiger partial charge in [0.1, 0.15) is 11.5 Å². The molecule has 0 radical (unpaired) electrons. The van der Waals surface area contributed by atoms with Crippen molar-refractivity contribution in [2.24, 2.45) is 0 Å². The van der Waals surface area contributed by atoms with Crippen LogP contribution in [0.1, 0.15) is 25.7 Å². The number of benzene rings is 2. The minimum atomic E-state index is -0.545. The number of nitrogens with one attached hydrogen (secondary N) is 3. The van der Waals surface area contributed by atoms with Gasteiger partial charge in [0.25, 0.3) is 0 Å². The number of anilines is 3. The lowest BCUT2D eigenvalue weighted by Gasteiger charge is -2.10. The lowest BCUT2D eigenvalue weighted by molar-refractivity contribution is -0.129. The van der Waals surface area contributed by atoms with Gasteiger partial charge in [0.15, 0.2) is 11.6 Å². The summed E-state index contributed by atoms with van der Waals surface area (Å²) in [7, 11) is 0. The minimum absolute atomic E-state index is 0.106. The van der Waals surface area contributed by atoms with Crippen molar-refractivity contribution in [3.63, 3.8) is 0 Å². The second-order valence-corrected chi connectivity index (χ2v) is 6.73. The van der Waals surface area contributed by atoms with Crippen LogP contribution in [0.5, 0.6) is 11.5 Å². The second kappa shape index (κ2) is 11.5. The van der Waals surface area contributed by atoms with Gasteiger partial charge in [-0.25, -0.2) is 14.9 Å². The Morgan fingerprint density at radius 1 is 1.00 bits per heavy atom. The summed E-state index contributed by atoms with van der Waals surface area (Å²) in [5, 5.41) is 14.4. The fourth-order valence-corrected chi connectivity index (χ4v) is 2.76. The lowest BCUT2D eigenvalue weighted by Crippen LogP contribution is -2.17. The predicted octanol–water partition coefficient (Wildman–Crippen LogP) is 4.63. The summed E-state index contributed by atoms with van der Waals surface area (Å²) < 4.78 is 19.7. The zero-order chi connectivity index (χ0) is 21.9. The molecule has 4 N–H and O–H groups in total. The third kappa shape index (κ3) is 7.23. The van der Waals surface area contributed by atoms with E-state index in [0.29, 0.717) is 18.7 Å². The molecule has 1 aromatic heterocycles. The van der Waals surface area contributed by atoms with Gasteiger partial charge in [-0.2, -0.15) is 4.98 Å². The van der Waals surface area contributed by atoms with Crippen molar-refractivity contribution in [3.05, 3.63) is 66.6 Å². The summed E-state index contributed by atoms with van der Waals surface area (Å²) >= 11 is 0. The first-order valence-corrected chi connectivity index (χ1v) is 9.93. The van der Waals surface area contributed by atoms with Gasteiger partial charge < -0.3 is 15.4 Å². The molecular formula is C22H24FN5O3. The number of carbonyl (C=O) groups excluding carboxylic acids is 1. The number of para-hydroxylation sites is 1. The first-order valence-electron chi connectivity index (χ1n) is 9.93. The van der Waals surface area contributed by atoms with Crippen molar-refractivity contribution >= 4 is 23.4 Å². The zero-order valence-corrected chi connectivity index (χ0v) is 16.8. The number of rotatable bonds is 11. The van der Waals surface area contributed by atoms with E-state index in [9.17, 15) is 9.18 Å². The standard InChI is InChI=1S/C22H24FN5O3/c23-19-15-25-22(27-21(19)24-14-6-2-5-9-20(29)28-30)26-16-10-12-18(13-11-16)31-17-7-3-1-4-8-17/h1,3-4,7-8,10-13,15,30H,2,5-6,9,14H2,(H,28,29)(H2,24,25,26,27). The molecule has 0 aliphatic carbocycles. The van der Waals surface area contributed by atoms with E-state index < -0.39 is 11.7 Å². The highest BCUT2D eigenvalue weighted by molar-refractivity contribution is 5.74. The normalized spacial score (nSPS) is 10.4. The van der Waals surface area contributed by atoms with Gasteiger partial charge >= 0.3 is 0 Å². The van der Waals surface area contributed by atoms with Gasteiger partial charge in [-0.05, 0) is 49.2 Å². The molecule has 8 nitrogen and oxygen atoms in total. The molecule has 0 aliphatic heterocycles. The van der Waals surface area contributed by atoms with Crippen molar-refractivity contribution in [2.45, 2.75) is 25.7 Å². The van der Waals surface area contributed by atoms with Crippen LogP contribution in [-0.2, 0) is 4.79 Å². The third-order valence-electron chi connectivity index (χ3n) is 4.33. The lowest BCUT2D eigenvalue weighted by atomic mass is 10.2. The van der Waals surface area contributed by atoms with Crippen LogP contribution in [0.3, 0.4) is 0 Å². The SMILES string of the molecule is O=C(CCCCCNc1nc(Nc2ccc(Oc3ccccc3)cc2)ncc1F)NO. The van der Waals surface area contributed by atoms with E-state index in [0.717, 1.165) is 30.5 Å². The molecule has 0 saturated heterocycles. The Balaban J connectivity index is 1.49. The fourth-order valence-electron chi connectivity index (χ4n) is 2.76. The molecule has 0 saturated carbocycles. The van der Waals surface area contributed by atoms with Crippen LogP contribution in [0.15, 0.2) is 60.8 Å². The van der Waals surface area contributed by atoms with Crippen LogP contribution in [-0.4, -0.2) is 27.6 Å². The summed E-state index contributed by atoms with van der Waals surface area (Å²) in [6, 6.07) is 16.7. The van der Waals surface area contributed by atoms with Crippen molar-refractivity contribution < 1.29 is 19.1 Å². The number of hydroxylamine groups is 1. The van der Waals surface area contributed by atoms with Crippen LogP contribution >= 0.6 is 0 Å². The van der Waals surface area contributed by atoms with Crippen LogP contribution in [0.25, 0.3) is 0 Å². The molecule has 31 heavy (non-hydrogen) atoms. The average Bonchev–Trinajstić information content (AvgIpc) is 2.80. The van der Waals surface area contributed by atoms with Crippen LogP contribution in [0.2, 0.25) is 0 Å². The van der Waals surface area contributed by atoms with E-state index >= 15 is 0 Å². The van der Waals surface area contributed by atoms with E-state index in [1.54, 1.807) is 5.48 Å². The molecule has 0 unspecified atom stereocenters. The zero-order valence-electron chi connectivity index (χ0n) is 16.8. The van der Waals surface area contributed by atoms with E-state index in [4.69, 9.17) is 9.94 Å². The van der Waals surface area contributed by atoms with Crippen LogP contribution in [0, 0.1) is 5.82 Å². The van der Waals surface area contributed by atoms with E-state index in [2.05, 4.69) is 20.6 Å².